The minimum atomic E-state index is -0.0208. The Balaban J connectivity index is 2.60. The molecule has 0 aromatic carbocycles. The standard InChI is InChI=1S/C16H34N2O/c1-5-19-16(11-9-14(4)10-12-16)15(18-17)8-6-7-13(2)3/h13-15,18H,5-12,17H2,1-4H3. The molecule has 0 aromatic rings. The van der Waals surface area contributed by atoms with Crippen molar-refractivity contribution < 1.29 is 4.74 Å². The molecule has 0 bridgehead atoms. The first-order chi connectivity index (χ1) is 9.04. The van der Waals surface area contributed by atoms with Gasteiger partial charge in [-0.3, -0.25) is 11.3 Å². The van der Waals surface area contributed by atoms with E-state index in [4.69, 9.17) is 10.6 Å². The maximum atomic E-state index is 6.19. The minimum Gasteiger partial charge on any atom is -0.374 e. The molecule has 1 atom stereocenters. The molecule has 1 rings (SSSR count). The normalized spacial score (nSPS) is 29.7. The lowest BCUT2D eigenvalue weighted by Crippen LogP contribution is -2.56. The molecule has 114 valence electrons. The summed E-state index contributed by atoms with van der Waals surface area (Å²) in [7, 11) is 0. The second kappa shape index (κ2) is 8.23. The molecule has 0 radical (unpaired) electrons. The van der Waals surface area contributed by atoms with Crippen molar-refractivity contribution in [1.29, 1.82) is 0 Å². The molecule has 0 aliphatic heterocycles. The zero-order valence-corrected chi connectivity index (χ0v) is 13.4. The highest BCUT2D eigenvalue weighted by molar-refractivity contribution is 4.95. The third kappa shape index (κ3) is 5.05. The molecule has 1 aliphatic carbocycles. The van der Waals surface area contributed by atoms with Crippen LogP contribution in [0, 0.1) is 11.8 Å². The second-order valence-electron chi connectivity index (χ2n) is 6.72. The van der Waals surface area contributed by atoms with Crippen LogP contribution in [-0.2, 0) is 4.74 Å². The summed E-state index contributed by atoms with van der Waals surface area (Å²) in [5.74, 6) is 7.45. The fourth-order valence-electron chi connectivity index (χ4n) is 3.36. The Hall–Kier alpha value is -0.120. The molecule has 0 saturated heterocycles. The van der Waals surface area contributed by atoms with Crippen LogP contribution in [0.3, 0.4) is 0 Å². The average molecular weight is 270 g/mol. The van der Waals surface area contributed by atoms with E-state index >= 15 is 0 Å². The highest BCUT2D eigenvalue weighted by atomic mass is 16.5. The van der Waals surface area contributed by atoms with E-state index in [0.717, 1.165) is 37.7 Å². The van der Waals surface area contributed by atoms with E-state index in [0.29, 0.717) is 6.04 Å². The van der Waals surface area contributed by atoms with Crippen molar-refractivity contribution >= 4 is 0 Å². The molecular formula is C16H34N2O. The molecule has 0 spiro atoms. The molecule has 0 aromatic heterocycles. The lowest BCUT2D eigenvalue weighted by molar-refractivity contribution is -0.0982. The average Bonchev–Trinajstić information content (AvgIpc) is 2.38. The summed E-state index contributed by atoms with van der Waals surface area (Å²) in [4.78, 5) is 0. The van der Waals surface area contributed by atoms with Crippen molar-refractivity contribution in [3.8, 4) is 0 Å². The van der Waals surface area contributed by atoms with E-state index in [-0.39, 0.29) is 5.60 Å². The van der Waals surface area contributed by atoms with E-state index in [1.807, 2.05) is 0 Å². The van der Waals surface area contributed by atoms with Gasteiger partial charge in [0.1, 0.15) is 0 Å². The van der Waals surface area contributed by atoms with Crippen LogP contribution in [0.15, 0.2) is 0 Å². The van der Waals surface area contributed by atoms with Crippen molar-refractivity contribution in [1.82, 2.24) is 5.43 Å². The molecule has 3 heteroatoms. The van der Waals surface area contributed by atoms with Gasteiger partial charge >= 0.3 is 0 Å². The van der Waals surface area contributed by atoms with Gasteiger partial charge in [0.2, 0.25) is 0 Å². The predicted octanol–water partition coefficient (Wildman–Crippen LogP) is 3.63. The van der Waals surface area contributed by atoms with Crippen molar-refractivity contribution in [2.24, 2.45) is 17.7 Å². The number of rotatable bonds is 8. The summed E-state index contributed by atoms with van der Waals surface area (Å²) in [5.41, 5.74) is 3.04. The Labute approximate surface area is 119 Å². The summed E-state index contributed by atoms with van der Waals surface area (Å²) in [5, 5.41) is 0. The van der Waals surface area contributed by atoms with Gasteiger partial charge in [-0.05, 0) is 50.9 Å². The van der Waals surface area contributed by atoms with Gasteiger partial charge in [-0.1, -0.05) is 33.6 Å². The SMILES string of the molecule is CCOC1(C(CCCC(C)C)NN)CCC(C)CC1. The van der Waals surface area contributed by atoms with E-state index in [2.05, 4.69) is 33.1 Å². The fraction of sp³-hybridized carbons (Fsp3) is 1.00. The van der Waals surface area contributed by atoms with Crippen molar-refractivity contribution in [2.45, 2.75) is 84.3 Å². The van der Waals surface area contributed by atoms with Crippen molar-refractivity contribution in [3.05, 3.63) is 0 Å². The zero-order chi connectivity index (χ0) is 14.3. The van der Waals surface area contributed by atoms with Gasteiger partial charge in [0.05, 0.1) is 11.6 Å². The molecule has 3 nitrogen and oxygen atoms in total. The van der Waals surface area contributed by atoms with Gasteiger partial charge in [-0.15, -0.1) is 0 Å². The first kappa shape index (κ1) is 16.9. The number of nitrogens with two attached hydrogens (primary N) is 1. The first-order valence-corrected chi connectivity index (χ1v) is 8.14. The number of hydrazine groups is 1. The van der Waals surface area contributed by atoms with Crippen LogP contribution in [0.5, 0.6) is 0 Å². The summed E-state index contributed by atoms with van der Waals surface area (Å²) in [6, 6.07) is 0.304. The van der Waals surface area contributed by atoms with Gasteiger partial charge in [-0.25, -0.2) is 0 Å². The van der Waals surface area contributed by atoms with Gasteiger partial charge in [0, 0.05) is 6.61 Å². The highest BCUT2D eigenvalue weighted by Crippen LogP contribution is 2.38. The molecule has 1 unspecified atom stereocenters. The topological polar surface area (TPSA) is 47.3 Å². The Morgan fingerprint density at radius 1 is 1.26 bits per heavy atom. The van der Waals surface area contributed by atoms with E-state index in [9.17, 15) is 0 Å². The molecule has 1 aliphatic rings. The Morgan fingerprint density at radius 2 is 1.89 bits per heavy atom. The largest absolute Gasteiger partial charge is 0.374 e. The lowest BCUT2D eigenvalue weighted by Gasteiger charge is -2.44. The first-order valence-electron chi connectivity index (χ1n) is 8.14. The van der Waals surface area contributed by atoms with E-state index < -0.39 is 0 Å². The van der Waals surface area contributed by atoms with Crippen molar-refractivity contribution in [3.63, 3.8) is 0 Å². The summed E-state index contributed by atoms with van der Waals surface area (Å²) in [6.45, 7) is 9.80. The van der Waals surface area contributed by atoms with Crippen LogP contribution in [0.2, 0.25) is 0 Å². The zero-order valence-electron chi connectivity index (χ0n) is 13.4. The molecule has 3 N–H and O–H groups in total. The van der Waals surface area contributed by atoms with E-state index in [1.165, 1.54) is 25.7 Å². The van der Waals surface area contributed by atoms with Crippen molar-refractivity contribution in [2.75, 3.05) is 6.61 Å². The van der Waals surface area contributed by atoms with Crippen LogP contribution in [-0.4, -0.2) is 18.2 Å². The molecule has 19 heavy (non-hydrogen) atoms. The number of nitrogens with one attached hydrogen (secondary N) is 1. The summed E-state index contributed by atoms with van der Waals surface area (Å²) in [6.07, 6.45) is 8.47. The summed E-state index contributed by atoms with van der Waals surface area (Å²) < 4.78 is 6.19. The number of hydrogen-bond donors (Lipinski definition) is 2. The third-order valence-electron chi connectivity index (χ3n) is 4.66. The Morgan fingerprint density at radius 3 is 2.37 bits per heavy atom. The van der Waals surface area contributed by atoms with Gasteiger partial charge in [0.15, 0.2) is 0 Å². The summed E-state index contributed by atoms with van der Waals surface area (Å²) >= 11 is 0. The molecule has 0 heterocycles. The molecule has 1 saturated carbocycles. The molecular weight excluding hydrogens is 236 g/mol. The van der Waals surface area contributed by atoms with Crippen LogP contribution in [0.25, 0.3) is 0 Å². The van der Waals surface area contributed by atoms with Gasteiger partial charge < -0.3 is 4.74 Å². The Bertz CT molecular complexity index is 235. The predicted molar refractivity (Wildman–Crippen MR) is 81.8 cm³/mol. The van der Waals surface area contributed by atoms with Crippen LogP contribution in [0.4, 0.5) is 0 Å². The monoisotopic (exact) mass is 270 g/mol. The minimum absolute atomic E-state index is 0.0208. The molecule has 0 amide bonds. The Kier molecular flexibility index (Phi) is 7.33. The number of hydrogen-bond acceptors (Lipinski definition) is 3. The quantitative estimate of drug-likeness (QED) is 0.523. The second-order valence-corrected chi connectivity index (χ2v) is 6.72. The van der Waals surface area contributed by atoms with Crippen LogP contribution in [0.1, 0.15) is 72.6 Å². The number of ether oxygens (including phenoxy) is 1. The maximum absolute atomic E-state index is 6.19. The van der Waals surface area contributed by atoms with E-state index in [1.54, 1.807) is 0 Å². The van der Waals surface area contributed by atoms with Gasteiger partial charge in [-0.2, -0.15) is 0 Å². The van der Waals surface area contributed by atoms with Gasteiger partial charge in [0.25, 0.3) is 0 Å². The lowest BCUT2D eigenvalue weighted by atomic mass is 9.74. The fourth-order valence-corrected chi connectivity index (χ4v) is 3.36. The van der Waals surface area contributed by atoms with Crippen LogP contribution >= 0.6 is 0 Å². The highest BCUT2D eigenvalue weighted by Gasteiger charge is 2.41. The smallest absolute Gasteiger partial charge is 0.0848 e. The maximum Gasteiger partial charge on any atom is 0.0848 e. The van der Waals surface area contributed by atoms with Crippen LogP contribution < -0.4 is 11.3 Å². The molecule has 1 fully saturated rings. The third-order valence-corrected chi connectivity index (χ3v) is 4.66.